The zero-order valence-corrected chi connectivity index (χ0v) is 81.1. The lowest BCUT2D eigenvalue weighted by atomic mass is 10.2. The molecule has 20 aromatic rings. The van der Waals surface area contributed by atoms with Crippen molar-refractivity contribution in [3.05, 3.63) is 180 Å². The van der Waals surface area contributed by atoms with Crippen molar-refractivity contribution in [3.63, 3.8) is 0 Å². The van der Waals surface area contributed by atoms with Gasteiger partial charge in [0, 0.05) is 72.2 Å². The molecular weight excluding hydrogens is 1800 g/mol. The summed E-state index contributed by atoms with van der Waals surface area (Å²) in [5.41, 5.74) is 22.5. The standard InChI is InChI=1S/4C19H22N8O.C13H12N8.C6H12O2/c4*1-11-6-17-21-10-22-26(17)9-16(11)23-19-20-8-15-12(2)25-27(18(15)24-19)13-4-5-14(7-13)28-3;1-7-3-11-15-6-16-21(11)5-10(7)17-13-14-4-9-8(2)19-20-12(9)18-13;1-8-6-3-2-5(7)4-6/h4*6,8-10,13-14H,4-5,7H2,1-3H3,(H,20,23,24);3-6H,1-2H3,(H2,14,17,18,19,20);5-7H,2-4H2,1H3. The number of aryl methyl sites for hydroxylation is 10. The van der Waals surface area contributed by atoms with Gasteiger partial charge in [-0.2, -0.15) is 75.9 Å². The van der Waals surface area contributed by atoms with E-state index in [1.54, 1.807) is 64.3 Å². The fourth-order valence-electron chi connectivity index (χ4n) is 19.1. The van der Waals surface area contributed by atoms with E-state index in [-0.39, 0.29) is 6.10 Å². The number of anilines is 10. The molecule has 10 unspecified atom stereocenters. The van der Waals surface area contributed by atoms with E-state index in [0.717, 1.165) is 259 Å². The van der Waals surface area contributed by atoms with Gasteiger partial charge in [0.25, 0.3) is 0 Å². The Hall–Kier alpha value is -15.4. The lowest BCUT2D eigenvalue weighted by Gasteiger charge is -2.13. The number of hydrogen-bond donors (Lipinski definition) is 7. The second kappa shape index (κ2) is 40.2. The third-order valence-corrected chi connectivity index (χ3v) is 27.2. The number of nitrogens with one attached hydrogen (secondary N) is 6. The number of aromatic nitrogens is 35. The van der Waals surface area contributed by atoms with E-state index < -0.39 is 0 Å². The van der Waals surface area contributed by atoms with Crippen molar-refractivity contribution in [1.29, 1.82) is 0 Å². The highest BCUT2D eigenvalue weighted by Gasteiger charge is 2.34. The highest BCUT2D eigenvalue weighted by Crippen LogP contribution is 2.40. The van der Waals surface area contributed by atoms with Gasteiger partial charge in [-0.3, -0.25) is 5.10 Å². The van der Waals surface area contributed by atoms with Crippen LogP contribution in [-0.4, -0.2) is 249 Å². The number of ether oxygens (including phenoxy) is 5. The minimum atomic E-state index is -0.0973. The Morgan fingerprint density at radius 2 is 0.539 bits per heavy atom. The molecule has 46 heteroatoms. The van der Waals surface area contributed by atoms with Gasteiger partial charge < -0.3 is 55.4 Å². The third kappa shape index (κ3) is 19.8. The van der Waals surface area contributed by atoms with Crippen LogP contribution in [0.5, 0.6) is 0 Å². The molecule has 0 amide bonds. The molecule has 5 fully saturated rings. The van der Waals surface area contributed by atoms with Gasteiger partial charge in [0.15, 0.2) is 56.5 Å². The predicted molar refractivity (Wildman–Crippen MR) is 527 cm³/mol. The topological polar surface area (TPSA) is 506 Å². The second-order valence-electron chi connectivity index (χ2n) is 36.5. The molecule has 0 bridgehead atoms. The van der Waals surface area contributed by atoms with Crippen LogP contribution in [0.2, 0.25) is 0 Å². The van der Waals surface area contributed by atoms with Gasteiger partial charge in [-0.25, -0.2) is 91.1 Å². The highest BCUT2D eigenvalue weighted by atomic mass is 16.5. The van der Waals surface area contributed by atoms with Crippen LogP contribution in [0.15, 0.2) is 124 Å². The largest absolute Gasteiger partial charge is 0.393 e. The fourth-order valence-corrected chi connectivity index (χ4v) is 19.1. The summed E-state index contributed by atoms with van der Waals surface area (Å²) in [5, 5.41) is 77.2. The molecule has 141 heavy (non-hydrogen) atoms. The van der Waals surface area contributed by atoms with Crippen molar-refractivity contribution < 1.29 is 28.8 Å². The van der Waals surface area contributed by atoms with Gasteiger partial charge in [0.05, 0.1) is 170 Å². The minimum absolute atomic E-state index is 0.0973. The van der Waals surface area contributed by atoms with Crippen molar-refractivity contribution >= 4 is 142 Å². The van der Waals surface area contributed by atoms with Crippen molar-refractivity contribution in [2.24, 2.45) is 0 Å². The molecule has 7 N–H and O–H groups in total. The summed E-state index contributed by atoms with van der Waals surface area (Å²) in [6.45, 7) is 20.0. The van der Waals surface area contributed by atoms with Crippen LogP contribution in [-0.2, 0) is 23.7 Å². The molecular formula is C95H112N40O6. The average Bonchev–Trinajstić information content (AvgIpc) is 1.63. The zero-order chi connectivity index (χ0) is 97.4. The van der Waals surface area contributed by atoms with Gasteiger partial charge in [0.1, 0.15) is 31.6 Å². The van der Waals surface area contributed by atoms with Crippen molar-refractivity contribution in [2.75, 3.05) is 62.1 Å². The first-order valence-corrected chi connectivity index (χ1v) is 47.2. The quantitative estimate of drug-likeness (QED) is 0.0395. The number of pyridine rings is 5. The van der Waals surface area contributed by atoms with Crippen LogP contribution in [0.25, 0.3) is 83.4 Å². The van der Waals surface area contributed by atoms with E-state index in [0.29, 0.717) is 90.1 Å². The number of aliphatic hydroxyl groups is 1. The molecule has 5 aliphatic carbocycles. The van der Waals surface area contributed by atoms with Crippen LogP contribution in [0, 0.1) is 69.2 Å². The van der Waals surface area contributed by atoms with Gasteiger partial charge in [-0.05, 0) is 224 Å². The number of aromatic amines is 1. The zero-order valence-electron chi connectivity index (χ0n) is 81.1. The van der Waals surface area contributed by atoms with E-state index in [4.69, 9.17) is 69.1 Å². The molecule has 728 valence electrons. The summed E-state index contributed by atoms with van der Waals surface area (Å²) >= 11 is 0. The lowest BCUT2D eigenvalue weighted by Crippen LogP contribution is -2.11. The lowest BCUT2D eigenvalue weighted by molar-refractivity contribution is 0.0898. The molecule has 25 rings (SSSR count). The Morgan fingerprint density at radius 3 is 0.773 bits per heavy atom. The maximum atomic E-state index is 8.95. The van der Waals surface area contributed by atoms with Crippen LogP contribution < -0.4 is 26.6 Å². The van der Waals surface area contributed by atoms with Crippen LogP contribution in [0.1, 0.15) is 177 Å². The van der Waals surface area contributed by atoms with E-state index in [9.17, 15) is 0 Å². The number of rotatable bonds is 19. The predicted octanol–water partition coefficient (Wildman–Crippen LogP) is 14.2. The summed E-state index contributed by atoms with van der Waals surface area (Å²) in [7, 11) is 8.80. The highest BCUT2D eigenvalue weighted by molar-refractivity contribution is 5.83. The number of methoxy groups -OCH3 is 5. The van der Waals surface area contributed by atoms with Gasteiger partial charge in [-0.15, -0.1) is 0 Å². The van der Waals surface area contributed by atoms with E-state index >= 15 is 0 Å². The van der Waals surface area contributed by atoms with E-state index in [1.165, 1.54) is 31.6 Å². The van der Waals surface area contributed by atoms with Crippen molar-refractivity contribution in [2.45, 2.75) is 226 Å². The SMILES string of the molecule is COC1CCC(O)C1.COC1CCC(n2nc(C)c3cnc(Nc4cn5ncnc5cc4C)nc32)C1.COC1CCC(n2nc(C)c3cnc(Nc4cn5ncnc5cc4C)nc32)C1.COC1CCC(n2nc(C)c3cnc(Nc4cn5ncnc5cc4C)nc32)C1.COC1CCC(n2nc(C)c3cnc(Nc4cn5ncnc5cc4C)nc32)C1.Cc1cc2ncnn2cc1Nc1ncc2c(C)[nH]nc2n1. The molecule has 5 saturated carbocycles. The Balaban J connectivity index is 0.000000106. The number of aliphatic hydroxyl groups excluding tert-OH is 1. The Bertz CT molecular complexity index is 7160. The van der Waals surface area contributed by atoms with Crippen molar-refractivity contribution in [1.82, 2.24) is 172 Å². The third-order valence-electron chi connectivity index (χ3n) is 27.2. The normalized spacial score (nSPS) is 19.5. The number of nitrogens with zero attached hydrogens (tertiary/aromatic N) is 34. The summed E-state index contributed by atoms with van der Waals surface area (Å²) in [5.74, 6) is 2.65. The molecule has 10 atom stereocenters. The number of hydrogen-bond acceptors (Lipinski definition) is 36. The Kier molecular flexibility index (Phi) is 26.6. The van der Waals surface area contributed by atoms with Crippen LogP contribution in [0.4, 0.5) is 58.2 Å². The molecule has 20 heterocycles. The van der Waals surface area contributed by atoms with Crippen LogP contribution in [0.3, 0.4) is 0 Å². The first-order chi connectivity index (χ1) is 68.5. The van der Waals surface area contributed by atoms with E-state index in [2.05, 4.69) is 117 Å². The molecule has 46 nitrogen and oxygen atoms in total. The summed E-state index contributed by atoms with van der Waals surface area (Å²) in [4.78, 5) is 66.8. The maximum Gasteiger partial charge on any atom is 0.229 e. The number of H-pyrrole nitrogens is 1. The number of fused-ring (bicyclic) bond motifs is 10. The first kappa shape index (κ1) is 93.3. The fraction of sp³-hybridized carbons (Fsp3) is 0.421. The molecule has 0 aliphatic heterocycles. The van der Waals surface area contributed by atoms with E-state index in [1.807, 2.05) is 174 Å². The smallest absolute Gasteiger partial charge is 0.229 e. The van der Waals surface area contributed by atoms with Gasteiger partial charge >= 0.3 is 0 Å². The molecule has 0 radical (unpaired) electrons. The first-order valence-electron chi connectivity index (χ1n) is 47.2. The maximum absolute atomic E-state index is 8.95. The molecule has 20 aromatic heterocycles. The molecule has 0 aromatic carbocycles. The average molecular weight is 1910 g/mol. The molecule has 0 saturated heterocycles. The van der Waals surface area contributed by atoms with Gasteiger partial charge in [0.2, 0.25) is 29.7 Å². The molecule has 0 spiro atoms. The Morgan fingerprint density at radius 1 is 0.298 bits per heavy atom. The second-order valence-corrected chi connectivity index (χ2v) is 36.5. The van der Waals surface area contributed by atoms with Crippen molar-refractivity contribution in [3.8, 4) is 0 Å². The Labute approximate surface area is 807 Å². The van der Waals surface area contributed by atoms with Gasteiger partial charge in [-0.1, -0.05) is 0 Å². The monoisotopic (exact) mass is 1910 g/mol. The summed E-state index contributed by atoms with van der Waals surface area (Å²) < 4.78 is 43.9. The molecule has 5 aliphatic rings. The van der Waals surface area contributed by atoms with Crippen LogP contribution >= 0.6 is 0 Å². The minimum Gasteiger partial charge on any atom is -0.393 e. The summed E-state index contributed by atoms with van der Waals surface area (Å²) in [6, 6.07) is 11.1. The summed E-state index contributed by atoms with van der Waals surface area (Å²) in [6.07, 6.45) is 42.6.